The first-order valence-electron chi connectivity index (χ1n) is 19.3. The third kappa shape index (κ3) is 5.47. The minimum absolute atomic E-state index is 0.0105. The minimum Gasteiger partial charge on any atom is -0.311 e. The van der Waals surface area contributed by atoms with Crippen molar-refractivity contribution in [3.05, 3.63) is 150 Å². The maximum Gasteiger partial charge on any atom is 0.294 e. The van der Waals surface area contributed by atoms with E-state index >= 15 is 0 Å². The number of benzene rings is 6. The summed E-state index contributed by atoms with van der Waals surface area (Å²) in [5, 5.41) is 0. The van der Waals surface area contributed by atoms with Crippen molar-refractivity contribution in [2.24, 2.45) is 0 Å². The number of imidazole rings is 1. The molecule has 5 heteroatoms. The number of rotatable bonds is 4. The van der Waals surface area contributed by atoms with Crippen LogP contribution in [0.4, 0.5) is 34.1 Å². The Morgan fingerprint density at radius 1 is 0.500 bits per heavy atom. The summed E-state index contributed by atoms with van der Waals surface area (Å²) in [6.07, 6.45) is 0. The van der Waals surface area contributed by atoms with Gasteiger partial charge in [-0.25, -0.2) is 4.98 Å². The second kappa shape index (κ2) is 12.0. The molecule has 268 valence electrons. The van der Waals surface area contributed by atoms with Crippen LogP contribution in [0, 0.1) is 0 Å². The summed E-state index contributed by atoms with van der Waals surface area (Å²) in [4.78, 5) is 10.3. The van der Waals surface area contributed by atoms with Crippen molar-refractivity contribution in [1.29, 1.82) is 0 Å². The third-order valence-electron chi connectivity index (χ3n) is 11.5. The molecule has 0 saturated carbocycles. The monoisotopic (exact) mass is 704 g/mol. The first-order chi connectivity index (χ1) is 25.7. The van der Waals surface area contributed by atoms with E-state index in [2.05, 4.69) is 210 Å². The van der Waals surface area contributed by atoms with Crippen molar-refractivity contribution in [3.63, 3.8) is 0 Å². The molecule has 0 radical (unpaired) electrons. The lowest BCUT2D eigenvalue weighted by Crippen LogP contribution is -2.55. The van der Waals surface area contributed by atoms with Crippen LogP contribution < -0.4 is 26.4 Å². The molecule has 0 bridgehead atoms. The number of hydrogen-bond acceptors (Lipinski definition) is 3. The lowest BCUT2D eigenvalue weighted by atomic mass is 9.39. The fraction of sp³-hybridized carbons (Fsp3) is 0.245. The van der Waals surface area contributed by atoms with E-state index < -0.39 is 0 Å². The summed E-state index contributed by atoms with van der Waals surface area (Å²) in [5.41, 5.74) is 18.1. The Hall–Kier alpha value is -5.55. The highest BCUT2D eigenvalue weighted by atomic mass is 15.2. The van der Waals surface area contributed by atoms with Gasteiger partial charge in [-0.3, -0.25) is 0 Å². The van der Waals surface area contributed by atoms with E-state index in [-0.39, 0.29) is 23.0 Å². The van der Waals surface area contributed by atoms with Crippen molar-refractivity contribution in [2.45, 2.75) is 78.6 Å². The summed E-state index contributed by atoms with van der Waals surface area (Å²) < 4.78 is 2.43. The summed E-state index contributed by atoms with van der Waals surface area (Å²) in [5.74, 6) is 0. The molecule has 0 N–H and O–H groups in total. The topological polar surface area (TPSA) is 24.3 Å². The second-order valence-corrected chi connectivity index (χ2v) is 18.2. The standard InChI is InChI=1S/C49H49BN4/c1-47(2,3)32-18-23-36(24-19-32)52(37-25-20-33(21-26-37)48(4,5)6)38-27-28-39-43(31-38)53(35-14-11-10-12-15-35)41-16-13-17-42-45(41)50(39)46-51-40-29-22-34(49(7,8)9)30-44(40)54(42)46/h10-31H,1-9H3. The predicted octanol–water partition coefficient (Wildman–Crippen LogP) is 11.0. The molecule has 7 aromatic rings. The Bertz CT molecular complexity index is 2490. The fourth-order valence-corrected chi connectivity index (χ4v) is 8.42. The zero-order valence-electron chi connectivity index (χ0n) is 33.1. The van der Waals surface area contributed by atoms with Crippen molar-refractivity contribution in [1.82, 2.24) is 9.55 Å². The van der Waals surface area contributed by atoms with Gasteiger partial charge >= 0.3 is 0 Å². The molecular weight excluding hydrogens is 655 g/mol. The highest BCUT2D eigenvalue weighted by Crippen LogP contribution is 2.43. The zero-order chi connectivity index (χ0) is 37.7. The highest BCUT2D eigenvalue weighted by molar-refractivity contribution is 6.99. The third-order valence-corrected chi connectivity index (χ3v) is 11.5. The summed E-state index contributed by atoms with van der Waals surface area (Å²) >= 11 is 0. The van der Waals surface area contributed by atoms with E-state index in [4.69, 9.17) is 4.98 Å². The molecule has 2 aliphatic heterocycles. The maximum absolute atomic E-state index is 5.40. The van der Waals surface area contributed by atoms with E-state index in [0.717, 1.165) is 34.0 Å². The van der Waals surface area contributed by atoms with Crippen LogP contribution in [0.2, 0.25) is 0 Å². The molecule has 0 aliphatic carbocycles. The Balaban J connectivity index is 1.27. The second-order valence-electron chi connectivity index (χ2n) is 18.2. The van der Waals surface area contributed by atoms with Crippen molar-refractivity contribution in [3.8, 4) is 5.69 Å². The van der Waals surface area contributed by atoms with Gasteiger partial charge in [0.05, 0.1) is 16.8 Å². The van der Waals surface area contributed by atoms with Crippen LogP contribution in [-0.2, 0) is 16.2 Å². The largest absolute Gasteiger partial charge is 0.311 e. The SMILES string of the molecule is CC(C)(C)c1ccc(N(c2ccc(C(C)(C)C)cc2)c2ccc3c(c2)N(c2ccccc2)c2cccc4c2B3c2nc3ccc(C(C)(C)C)cc3n2-4)cc1. The lowest BCUT2D eigenvalue weighted by molar-refractivity contribution is 0.590. The number of nitrogens with zero attached hydrogens (tertiary/aromatic N) is 4. The average molecular weight is 705 g/mol. The molecule has 0 unspecified atom stereocenters. The molecule has 1 aromatic heterocycles. The molecule has 0 fully saturated rings. The van der Waals surface area contributed by atoms with Crippen LogP contribution in [0.3, 0.4) is 0 Å². The van der Waals surface area contributed by atoms with Gasteiger partial charge in [-0.1, -0.05) is 123 Å². The molecule has 0 amide bonds. The van der Waals surface area contributed by atoms with Crippen LogP contribution in [0.5, 0.6) is 0 Å². The summed E-state index contributed by atoms with van der Waals surface area (Å²) in [6, 6.07) is 49.7. The van der Waals surface area contributed by atoms with Gasteiger partial charge in [0.15, 0.2) is 0 Å². The number of aromatic nitrogens is 2. The molecule has 0 saturated heterocycles. The molecule has 3 heterocycles. The Kier molecular flexibility index (Phi) is 7.60. The van der Waals surface area contributed by atoms with E-state index in [9.17, 15) is 0 Å². The van der Waals surface area contributed by atoms with Crippen LogP contribution >= 0.6 is 0 Å². The van der Waals surface area contributed by atoms with Gasteiger partial charge in [0.2, 0.25) is 0 Å². The molecule has 54 heavy (non-hydrogen) atoms. The summed E-state index contributed by atoms with van der Waals surface area (Å²) in [6.45, 7) is 20.5. The van der Waals surface area contributed by atoms with Crippen molar-refractivity contribution in [2.75, 3.05) is 9.80 Å². The molecular formula is C49H49BN4. The van der Waals surface area contributed by atoms with E-state index in [1.165, 1.54) is 50.2 Å². The maximum atomic E-state index is 5.40. The van der Waals surface area contributed by atoms with E-state index in [1.807, 2.05) is 0 Å². The van der Waals surface area contributed by atoms with Gasteiger partial charge < -0.3 is 14.4 Å². The van der Waals surface area contributed by atoms with Gasteiger partial charge in [-0.2, -0.15) is 0 Å². The van der Waals surface area contributed by atoms with Gasteiger partial charge in [-0.15, -0.1) is 0 Å². The number of hydrogen-bond donors (Lipinski definition) is 0. The average Bonchev–Trinajstić information content (AvgIpc) is 3.67. The molecule has 0 atom stereocenters. The molecule has 6 aromatic carbocycles. The number of fused-ring (bicyclic) bond motifs is 7. The Morgan fingerprint density at radius 3 is 1.65 bits per heavy atom. The normalized spacial score (nSPS) is 13.6. The Morgan fingerprint density at radius 2 is 1.06 bits per heavy atom. The molecule has 4 nitrogen and oxygen atoms in total. The van der Waals surface area contributed by atoms with Crippen molar-refractivity contribution < 1.29 is 0 Å². The molecule has 9 rings (SSSR count). The van der Waals surface area contributed by atoms with Crippen LogP contribution in [0.1, 0.15) is 79.0 Å². The smallest absolute Gasteiger partial charge is 0.294 e. The highest BCUT2D eigenvalue weighted by Gasteiger charge is 2.45. The van der Waals surface area contributed by atoms with Crippen LogP contribution in [0.25, 0.3) is 16.7 Å². The quantitative estimate of drug-likeness (QED) is 0.171. The van der Waals surface area contributed by atoms with Crippen LogP contribution in [-0.4, -0.2) is 16.3 Å². The molecule has 2 aliphatic rings. The van der Waals surface area contributed by atoms with E-state index in [1.54, 1.807) is 0 Å². The van der Waals surface area contributed by atoms with Gasteiger partial charge in [-0.05, 0) is 117 Å². The predicted molar refractivity (Wildman–Crippen MR) is 231 cm³/mol. The number of anilines is 6. The minimum atomic E-state index is 0.0105. The zero-order valence-corrected chi connectivity index (χ0v) is 33.1. The molecule has 0 spiro atoms. The van der Waals surface area contributed by atoms with Crippen molar-refractivity contribution >= 4 is 68.5 Å². The Labute approximate surface area is 321 Å². The number of para-hydroxylation sites is 1. The van der Waals surface area contributed by atoms with Gasteiger partial charge in [0, 0.05) is 39.8 Å². The first kappa shape index (κ1) is 34.2. The van der Waals surface area contributed by atoms with Crippen LogP contribution in [0.15, 0.2) is 133 Å². The summed E-state index contributed by atoms with van der Waals surface area (Å²) in [7, 11) is 0. The van der Waals surface area contributed by atoms with Gasteiger partial charge in [0.25, 0.3) is 6.71 Å². The first-order valence-corrected chi connectivity index (χ1v) is 19.3. The lowest BCUT2D eigenvalue weighted by Gasteiger charge is -2.36. The van der Waals surface area contributed by atoms with Gasteiger partial charge in [0.1, 0.15) is 0 Å². The fourth-order valence-electron chi connectivity index (χ4n) is 8.42. The van der Waals surface area contributed by atoms with E-state index in [0.29, 0.717) is 0 Å².